The quantitative estimate of drug-likeness (QED) is 0.524. The van der Waals surface area contributed by atoms with Crippen molar-refractivity contribution in [2.45, 2.75) is 13.0 Å². The van der Waals surface area contributed by atoms with Gasteiger partial charge in [0, 0.05) is 33.1 Å². The molecule has 0 spiro atoms. The minimum absolute atomic E-state index is 0.00590. The van der Waals surface area contributed by atoms with Gasteiger partial charge in [-0.1, -0.05) is 23.5 Å². The van der Waals surface area contributed by atoms with Crippen molar-refractivity contribution in [3.63, 3.8) is 0 Å². The zero-order valence-corrected chi connectivity index (χ0v) is 17.5. The Kier molecular flexibility index (Phi) is 4.95. The number of piperazine rings is 1. The first kappa shape index (κ1) is 19.7. The molecule has 31 heavy (non-hydrogen) atoms. The van der Waals surface area contributed by atoms with Crippen LogP contribution in [0.4, 0.5) is 4.39 Å². The highest BCUT2D eigenvalue weighted by molar-refractivity contribution is 7.17. The number of rotatable bonds is 4. The molecule has 1 atom stereocenters. The van der Waals surface area contributed by atoms with Crippen LogP contribution in [0.5, 0.6) is 5.88 Å². The molecule has 8 nitrogen and oxygen atoms in total. The third-order valence-corrected chi connectivity index (χ3v) is 6.57. The average Bonchev–Trinajstić information content (AvgIpc) is 3.49. The number of aromatic hydroxyl groups is 1. The second kappa shape index (κ2) is 7.78. The highest BCUT2D eigenvalue weighted by Gasteiger charge is 2.32. The average molecular weight is 441 g/mol. The van der Waals surface area contributed by atoms with E-state index >= 15 is 0 Å². The molecule has 160 valence electrons. The molecule has 0 bridgehead atoms. The third-order valence-electron chi connectivity index (χ3n) is 5.50. The van der Waals surface area contributed by atoms with Gasteiger partial charge in [0.25, 0.3) is 0 Å². The molecule has 1 fully saturated rings. The van der Waals surface area contributed by atoms with Crippen LogP contribution < -0.4 is 0 Å². The largest absolute Gasteiger partial charge is 0.492 e. The first-order chi connectivity index (χ1) is 15.0. The lowest BCUT2D eigenvalue weighted by atomic mass is 10.0. The summed E-state index contributed by atoms with van der Waals surface area (Å²) in [7, 11) is 0. The maximum absolute atomic E-state index is 13.6. The van der Waals surface area contributed by atoms with Gasteiger partial charge < -0.3 is 14.4 Å². The smallest absolute Gasteiger partial charge is 0.230 e. The van der Waals surface area contributed by atoms with Crippen molar-refractivity contribution in [2.75, 3.05) is 26.2 Å². The molecule has 10 heteroatoms. The summed E-state index contributed by atoms with van der Waals surface area (Å²) in [5, 5.41) is 15.4. The summed E-state index contributed by atoms with van der Waals surface area (Å²) in [5.74, 6) is 0.636. The summed E-state index contributed by atoms with van der Waals surface area (Å²) in [4.78, 5) is 21.4. The van der Waals surface area contributed by atoms with Crippen molar-refractivity contribution in [3.05, 3.63) is 58.9 Å². The molecule has 3 aromatic heterocycles. The van der Waals surface area contributed by atoms with Crippen LogP contribution in [0.3, 0.4) is 0 Å². The van der Waals surface area contributed by atoms with E-state index in [9.17, 15) is 14.3 Å². The van der Waals surface area contributed by atoms with Crippen LogP contribution in [0.1, 0.15) is 23.4 Å². The lowest BCUT2D eigenvalue weighted by Gasteiger charge is -2.38. The lowest BCUT2D eigenvalue weighted by Crippen LogP contribution is -2.49. The number of nitrogens with zero attached hydrogens (tertiary/aromatic N) is 5. The maximum atomic E-state index is 13.6. The van der Waals surface area contributed by atoms with Gasteiger partial charge in [0.1, 0.15) is 5.82 Å². The Morgan fingerprint density at radius 3 is 2.55 bits per heavy atom. The second-order valence-electron chi connectivity index (χ2n) is 7.39. The standard InChI is InChI=1S/C21H20FN5O3S/c1-13(28)25-8-10-26(11-9-25)17(14-4-6-15(22)7-5-14)18-20(29)27-21(31-18)23-19(24-27)16-3-2-12-30-16/h2-7,12,17,29H,8-11H2,1H3/t17-/m1/s1. The Morgan fingerprint density at radius 2 is 1.94 bits per heavy atom. The predicted molar refractivity (Wildman–Crippen MR) is 112 cm³/mol. The zero-order valence-electron chi connectivity index (χ0n) is 16.7. The van der Waals surface area contributed by atoms with Crippen molar-refractivity contribution < 1.29 is 18.7 Å². The van der Waals surface area contributed by atoms with Gasteiger partial charge in [-0.3, -0.25) is 9.69 Å². The Hall–Kier alpha value is -3.24. The van der Waals surface area contributed by atoms with E-state index in [1.165, 1.54) is 28.0 Å². The molecule has 1 saturated heterocycles. The van der Waals surface area contributed by atoms with Gasteiger partial charge in [0.15, 0.2) is 5.76 Å². The molecular formula is C21H20FN5O3S. The van der Waals surface area contributed by atoms with E-state index in [1.54, 1.807) is 42.4 Å². The number of carbonyl (C=O) groups excluding carboxylic acids is 1. The van der Waals surface area contributed by atoms with Crippen LogP contribution >= 0.6 is 11.3 Å². The van der Waals surface area contributed by atoms with E-state index in [2.05, 4.69) is 15.0 Å². The summed E-state index contributed by atoms with van der Waals surface area (Å²) in [6.45, 7) is 4.02. The fourth-order valence-electron chi connectivity index (χ4n) is 3.91. The number of aromatic nitrogens is 3. The van der Waals surface area contributed by atoms with Crippen LogP contribution in [-0.4, -0.2) is 61.6 Å². The molecule has 4 aromatic rings. The van der Waals surface area contributed by atoms with Gasteiger partial charge in [-0.15, -0.1) is 5.10 Å². The predicted octanol–water partition coefficient (Wildman–Crippen LogP) is 3.15. The van der Waals surface area contributed by atoms with Crippen molar-refractivity contribution in [1.82, 2.24) is 24.4 Å². The van der Waals surface area contributed by atoms with E-state index in [4.69, 9.17) is 4.42 Å². The Labute approximate surface area is 181 Å². The van der Waals surface area contributed by atoms with Crippen LogP contribution in [0.15, 0.2) is 47.1 Å². The number of amides is 1. The number of hydrogen-bond acceptors (Lipinski definition) is 7. The molecule has 1 amide bonds. The molecule has 0 saturated carbocycles. The van der Waals surface area contributed by atoms with E-state index in [0.717, 1.165) is 5.56 Å². The molecule has 1 N–H and O–H groups in total. The Morgan fingerprint density at radius 1 is 1.19 bits per heavy atom. The summed E-state index contributed by atoms with van der Waals surface area (Å²) < 4.78 is 20.3. The van der Waals surface area contributed by atoms with Crippen molar-refractivity contribution in [3.8, 4) is 17.5 Å². The fraction of sp³-hybridized carbons (Fsp3) is 0.286. The minimum atomic E-state index is -0.321. The number of halogens is 1. The number of thiazole rings is 1. The van der Waals surface area contributed by atoms with Gasteiger partial charge >= 0.3 is 0 Å². The molecule has 0 aliphatic carbocycles. The Balaban J connectivity index is 1.54. The van der Waals surface area contributed by atoms with Crippen molar-refractivity contribution in [1.29, 1.82) is 0 Å². The molecular weight excluding hydrogens is 421 g/mol. The maximum Gasteiger partial charge on any atom is 0.230 e. The highest BCUT2D eigenvalue weighted by Crippen LogP contribution is 2.40. The van der Waals surface area contributed by atoms with Gasteiger partial charge in [-0.25, -0.2) is 4.39 Å². The number of benzene rings is 1. The van der Waals surface area contributed by atoms with E-state index < -0.39 is 0 Å². The number of carbonyl (C=O) groups is 1. The summed E-state index contributed by atoms with van der Waals surface area (Å²) in [6.07, 6.45) is 1.54. The molecule has 5 rings (SSSR count). The first-order valence-electron chi connectivity index (χ1n) is 9.88. The van der Waals surface area contributed by atoms with E-state index in [1.807, 2.05) is 0 Å². The normalized spacial score (nSPS) is 16.1. The van der Waals surface area contributed by atoms with Crippen LogP contribution in [0, 0.1) is 5.82 Å². The van der Waals surface area contributed by atoms with Crippen LogP contribution in [0.2, 0.25) is 0 Å². The lowest BCUT2D eigenvalue weighted by molar-refractivity contribution is -0.130. The first-order valence-corrected chi connectivity index (χ1v) is 10.7. The summed E-state index contributed by atoms with van der Waals surface area (Å²) in [6, 6.07) is 9.47. The van der Waals surface area contributed by atoms with Gasteiger partial charge in [0.2, 0.25) is 22.6 Å². The molecule has 0 unspecified atom stereocenters. The summed E-state index contributed by atoms with van der Waals surface area (Å²) >= 11 is 1.33. The molecule has 1 aliphatic heterocycles. The SMILES string of the molecule is CC(=O)N1CCN([C@H](c2ccc(F)cc2)c2sc3nc(-c4ccco4)nn3c2O)CC1. The van der Waals surface area contributed by atoms with Crippen LogP contribution in [0.25, 0.3) is 16.5 Å². The molecule has 0 radical (unpaired) electrons. The van der Waals surface area contributed by atoms with Gasteiger partial charge in [0.05, 0.1) is 17.2 Å². The van der Waals surface area contributed by atoms with Crippen molar-refractivity contribution in [2.24, 2.45) is 0 Å². The topological polar surface area (TPSA) is 87.1 Å². The zero-order chi connectivity index (χ0) is 21.5. The molecule has 1 aromatic carbocycles. The van der Waals surface area contributed by atoms with E-state index in [0.29, 0.717) is 47.6 Å². The van der Waals surface area contributed by atoms with Gasteiger partial charge in [-0.2, -0.15) is 9.50 Å². The fourth-order valence-corrected chi connectivity index (χ4v) is 5.02. The molecule has 1 aliphatic rings. The van der Waals surface area contributed by atoms with Gasteiger partial charge in [-0.05, 0) is 29.8 Å². The minimum Gasteiger partial charge on any atom is -0.492 e. The van der Waals surface area contributed by atoms with Crippen molar-refractivity contribution >= 4 is 22.2 Å². The second-order valence-corrected chi connectivity index (χ2v) is 8.40. The van der Waals surface area contributed by atoms with Crippen LogP contribution in [-0.2, 0) is 4.79 Å². The number of fused-ring (bicyclic) bond motifs is 1. The summed E-state index contributed by atoms with van der Waals surface area (Å²) in [5.41, 5.74) is 0.851. The number of furan rings is 1. The number of hydrogen-bond donors (Lipinski definition) is 1. The monoisotopic (exact) mass is 441 g/mol. The Bertz CT molecular complexity index is 1210. The molecule has 4 heterocycles. The van der Waals surface area contributed by atoms with E-state index in [-0.39, 0.29) is 23.6 Å². The third kappa shape index (κ3) is 3.57. The highest BCUT2D eigenvalue weighted by atomic mass is 32.1.